The van der Waals surface area contributed by atoms with E-state index < -0.39 is 16.9 Å². The molecule has 0 spiro atoms. The number of furan rings is 1. The van der Waals surface area contributed by atoms with Crippen LogP contribution in [-0.2, 0) is 6.54 Å². The fourth-order valence-corrected chi connectivity index (χ4v) is 3.44. The molecule has 2 N–H and O–H groups in total. The van der Waals surface area contributed by atoms with Gasteiger partial charge in [0, 0.05) is 13.6 Å². The second-order valence-electron chi connectivity index (χ2n) is 6.90. The summed E-state index contributed by atoms with van der Waals surface area (Å²) in [5, 5.41) is 5.82. The van der Waals surface area contributed by atoms with Gasteiger partial charge in [0.2, 0.25) is 0 Å². The molecule has 0 aliphatic carbocycles. The van der Waals surface area contributed by atoms with Crippen LogP contribution in [0.5, 0.6) is 0 Å². The lowest BCUT2D eigenvalue weighted by Gasteiger charge is -2.21. The fourth-order valence-electron chi connectivity index (χ4n) is 3.44. The molecule has 7 heteroatoms. The standard InChI is InChI=1S/C21H21N3O4/c1-4-13(15-9-8-11(2)28-15)22-17-18(20(26)19(17)25)23-14-7-5-6-12-10-24(3)21(27)16(12)14/h5-9,13,22-23H,4,10H2,1-3H3/i13D. The predicted octanol–water partition coefficient (Wildman–Crippen LogP) is 3.08. The first-order valence-electron chi connectivity index (χ1n) is 9.58. The number of hydrogen-bond donors (Lipinski definition) is 2. The number of rotatable bonds is 6. The third-order valence-corrected chi connectivity index (χ3v) is 4.96. The highest BCUT2D eigenvalue weighted by Gasteiger charge is 2.30. The number of fused-ring (bicyclic) bond motifs is 1. The molecule has 4 rings (SSSR count). The van der Waals surface area contributed by atoms with Gasteiger partial charge in [-0.15, -0.1) is 0 Å². The monoisotopic (exact) mass is 380 g/mol. The maximum atomic E-state index is 12.5. The summed E-state index contributed by atoms with van der Waals surface area (Å²) in [4.78, 5) is 38.5. The number of aryl methyl sites for hydroxylation is 1. The van der Waals surface area contributed by atoms with Crippen LogP contribution in [0, 0.1) is 6.92 Å². The molecular weight excluding hydrogens is 358 g/mol. The van der Waals surface area contributed by atoms with Crippen LogP contribution in [0.4, 0.5) is 17.1 Å². The number of hydrogen-bond acceptors (Lipinski definition) is 6. The minimum Gasteiger partial charge on any atom is -0.464 e. The molecule has 144 valence electrons. The maximum absolute atomic E-state index is 12.5. The van der Waals surface area contributed by atoms with Gasteiger partial charge in [-0.3, -0.25) is 14.4 Å². The second kappa shape index (κ2) is 6.67. The average molecular weight is 380 g/mol. The van der Waals surface area contributed by atoms with E-state index in [1.807, 2.05) is 6.07 Å². The van der Waals surface area contributed by atoms with E-state index in [4.69, 9.17) is 5.79 Å². The summed E-state index contributed by atoms with van der Waals surface area (Å²) < 4.78 is 14.3. The van der Waals surface area contributed by atoms with Gasteiger partial charge in [0.25, 0.3) is 16.8 Å². The zero-order chi connectivity index (χ0) is 20.9. The first kappa shape index (κ1) is 16.8. The lowest BCUT2D eigenvalue weighted by molar-refractivity contribution is 0.0817. The van der Waals surface area contributed by atoms with Crippen LogP contribution in [0.15, 0.2) is 44.3 Å². The number of benzene rings is 1. The van der Waals surface area contributed by atoms with Gasteiger partial charge in [-0.1, -0.05) is 19.1 Å². The van der Waals surface area contributed by atoms with Crippen molar-refractivity contribution in [1.82, 2.24) is 4.90 Å². The highest BCUT2D eigenvalue weighted by Crippen LogP contribution is 2.33. The van der Waals surface area contributed by atoms with Crippen molar-refractivity contribution in [1.29, 1.82) is 0 Å². The van der Waals surface area contributed by atoms with E-state index in [1.165, 1.54) is 0 Å². The molecule has 0 bridgehead atoms. The van der Waals surface area contributed by atoms with Crippen LogP contribution in [0.1, 0.15) is 48.2 Å². The minimum absolute atomic E-state index is 0.0253. The normalized spacial score (nSPS) is 16.0. The van der Waals surface area contributed by atoms with Crippen molar-refractivity contribution in [3.05, 3.63) is 73.4 Å². The van der Waals surface area contributed by atoms with Gasteiger partial charge >= 0.3 is 0 Å². The average Bonchev–Trinajstić information content (AvgIpc) is 3.28. The van der Waals surface area contributed by atoms with Gasteiger partial charge in [0.15, 0.2) is 0 Å². The summed E-state index contributed by atoms with van der Waals surface area (Å²) in [7, 11) is 1.71. The molecule has 1 aliphatic rings. The van der Waals surface area contributed by atoms with E-state index in [1.54, 1.807) is 50.1 Å². The Balaban J connectivity index is 1.69. The van der Waals surface area contributed by atoms with Gasteiger partial charge in [-0.2, -0.15) is 0 Å². The number of amides is 1. The Morgan fingerprint density at radius 2 is 1.93 bits per heavy atom. The predicted molar refractivity (Wildman–Crippen MR) is 107 cm³/mol. The molecule has 1 unspecified atom stereocenters. The third kappa shape index (κ3) is 2.79. The van der Waals surface area contributed by atoms with Gasteiger partial charge in [-0.25, -0.2) is 0 Å². The molecule has 28 heavy (non-hydrogen) atoms. The van der Waals surface area contributed by atoms with E-state index >= 15 is 0 Å². The van der Waals surface area contributed by atoms with Gasteiger partial charge in [0.1, 0.15) is 22.9 Å². The lowest BCUT2D eigenvalue weighted by atomic mass is 10.1. The fraction of sp³-hybridized carbons (Fsp3) is 0.286. The number of anilines is 3. The molecule has 1 atom stereocenters. The van der Waals surface area contributed by atoms with Crippen LogP contribution in [0.3, 0.4) is 0 Å². The highest BCUT2D eigenvalue weighted by atomic mass is 16.3. The Morgan fingerprint density at radius 1 is 1.18 bits per heavy atom. The van der Waals surface area contributed by atoms with Crippen molar-refractivity contribution in [3.63, 3.8) is 0 Å². The van der Waals surface area contributed by atoms with E-state index in [2.05, 4.69) is 10.6 Å². The first-order valence-corrected chi connectivity index (χ1v) is 9.08. The topological polar surface area (TPSA) is 91.6 Å². The summed E-state index contributed by atoms with van der Waals surface area (Å²) >= 11 is 0. The van der Waals surface area contributed by atoms with Crippen molar-refractivity contribution >= 4 is 23.0 Å². The van der Waals surface area contributed by atoms with Crippen molar-refractivity contribution in [3.8, 4) is 0 Å². The van der Waals surface area contributed by atoms with E-state index in [9.17, 15) is 14.4 Å². The van der Waals surface area contributed by atoms with E-state index in [0.717, 1.165) is 5.56 Å². The lowest BCUT2D eigenvalue weighted by Crippen LogP contribution is -2.37. The summed E-state index contributed by atoms with van der Waals surface area (Å²) in [6, 6.07) is 7.36. The zero-order valence-corrected chi connectivity index (χ0v) is 15.9. The first-order chi connectivity index (χ1) is 13.7. The molecule has 7 nitrogen and oxygen atoms in total. The van der Waals surface area contributed by atoms with Crippen LogP contribution >= 0.6 is 0 Å². The molecule has 0 radical (unpaired) electrons. The van der Waals surface area contributed by atoms with Crippen molar-refractivity contribution in [2.45, 2.75) is 32.8 Å². The second-order valence-corrected chi connectivity index (χ2v) is 6.90. The highest BCUT2D eigenvalue weighted by molar-refractivity contribution is 6.04. The molecule has 0 fully saturated rings. The summed E-state index contributed by atoms with van der Waals surface area (Å²) in [5.41, 5.74) is 0.507. The van der Waals surface area contributed by atoms with Gasteiger partial charge < -0.3 is 20.0 Å². The Bertz CT molecular complexity index is 1190. The number of nitrogens with zero attached hydrogens (tertiary/aromatic N) is 1. The summed E-state index contributed by atoms with van der Waals surface area (Å²) in [5.74, 6) is 0.859. The van der Waals surface area contributed by atoms with E-state index in [0.29, 0.717) is 35.7 Å². The van der Waals surface area contributed by atoms with Crippen LogP contribution < -0.4 is 21.5 Å². The van der Waals surface area contributed by atoms with E-state index in [-0.39, 0.29) is 17.3 Å². The largest absolute Gasteiger partial charge is 0.464 e. The molecule has 0 saturated carbocycles. The summed E-state index contributed by atoms with van der Waals surface area (Å²) in [6.07, 6.45) is 0.308. The molecule has 3 aromatic rings. The van der Waals surface area contributed by atoms with Gasteiger partial charge in [0.05, 0.1) is 18.6 Å². The Morgan fingerprint density at radius 3 is 2.61 bits per heavy atom. The maximum Gasteiger partial charge on any atom is 0.256 e. The Hall–Kier alpha value is -3.35. The molecule has 0 saturated heterocycles. The quantitative estimate of drug-likeness (QED) is 0.639. The number of carbonyl (C=O) groups excluding carboxylic acids is 1. The Labute approximate surface area is 163 Å². The third-order valence-electron chi connectivity index (χ3n) is 4.96. The molecule has 1 aliphatic heterocycles. The SMILES string of the molecule is [2H]C(CC)(Nc1c(Nc2cccc3c2C(=O)N(C)C3)c(=O)c1=O)c1ccc(C)o1. The number of carbonyl (C=O) groups is 1. The smallest absolute Gasteiger partial charge is 0.256 e. The molecule has 1 amide bonds. The van der Waals surface area contributed by atoms with Crippen LogP contribution in [0.25, 0.3) is 0 Å². The minimum atomic E-state index is -1.40. The van der Waals surface area contributed by atoms with Gasteiger partial charge in [-0.05, 0) is 37.1 Å². The van der Waals surface area contributed by atoms with Crippen LogP contribution in [-0.4, -0.2) is 17.9 Å². The van der Waals surface area contributed by atoms with Crippen molar-refractivity contribution < 1.29 is 10.6 Å². The van der Waals surface area contributed by atoms with Crippen LogP contribution in [0.2, 0.25) is 0 Å². The molecule has 1 aromatic heterocycles. The van der Waals surface area contributed by atoms with Crippen molar-refractivity contribution in [2.24, 2.45) is 0 Å². The Kier molecular flexibility index (Phi) is 4.00. The van der Waals surface area contributed by atoms with Crippen molar-refractivity contribution in [2.75, 3.05) is 17.7 Å². The zero-order valence-electron chi connectivity index (χ0n) is 16.9. The molecule has 2 heterocycles. The summed E-state index contributed by atoms with van der Waals surface area (Å²) in [6.45, 7) is 4.05. The molecule has 2 aromatic carbocycles. The molecular formula is C21H21N3O4. The number of nitrogens with one attached hydrogen (secondary N) is 2.